The summed E-state index contributed by atoms with van der Waals surface area (Å²) in [7, 11) is 0. The highest BCUT2D eigenvalue weighted by molar-refractivity contribution is 5.32. The van der Waals surface area contributed by atoms with Crippen LogP contribution < -0.4 is 0 Å². The summed E-state index contributed by atoms with van der Waals surface area (Å²) in [4.78, 5) is 0. The quantitative estimate of drug-likeness (QED) is 0.465. The molecular formula is C11H16O. The smallest absolute Gasteiger partial charge is 0.0826 e. The van der Waals surface area contributed by atoms with Crippen LogP contribution in [0.5, 0.6) is 0 Å². The van der Waals surface area contributed by atoms with Gasteiger partial charge in [0.2, 0.25) is 0 Å². The minimum Gasteiger partial charge on any atom is -0.515 e. The molecule has 1 N–H and O–H groups in total. The maximum atomic E-state index is 8.93. The maximum absolute atomic E-state index is 8.93. The molecule has 0 spiro atoms. The van der Waals surface area contributed by atoms with Crippen molar-refractivity contribution in [1.29, 1.82) is 0 Å². The minimum absolute atomic E-state index is 0.520. The van der Waals surface area contributed by atoms with Gasteiger partial charge in [0.1, 0.15) is 0 Å². The molecule has 66 valence electrons. The average molecular weight is 164 g/mol. The van der Waals surface area contributed by atoms with Crippen LogP contribution in [0.15, 0.2) is 35.6 Å². The Kier molecular flexibility index (Phi) is 2.74. The molecule has 0 aromatic rings. The largest absolute Gasteiger partial charge is 0.515 e. The highest BCUT2D eigenvalue weighted by Crippen LogP contribution is 2.31. The van der Waals surface area contributed by atoms with Crippen LogP contribution in [0.3, 0.4) is 0 Å². The topological polar surface area (TPSA) is 20.2 Å². The van der Waals surface area contributed by atoms with E-state index in [0.29, 0.717) is 5.92 Å². The van der Waals surface area contributed by atoms with Crippen molar-refractivity contribution in [3.05, 3.63) is 35.6 Å². The molecule has 0 radical (unpaired) electrons. The van der Waals surface area contributed by atoms with E-state index >= 15 is 0 Å². The molecule has 1 atom stereocenters. The van der Waals surface area contributed by atoms with Gasteiger partial charge >= 0.3 is 0 Å². The molecular weight excluding hydrogens is 148 g/mol. The predicted molar refractivity (Wildman–Crippen MR) is 52.0 cm³/mol. The van der Waals surface area contributed by atoms with Gasteiger partial charge in [0.15, 0.2) is 0 Å². The van der Waals surface area contributed by atoms with Gasteiger partial charge in [0.05, 0.1) is 6.26 Å². The van der Waals surface area contributed by atoms with Crippen LogP contribution in [0.4, 0.5) is 0 Å². The van der Waals surface area contributed by atoms with Crippen LogP contribution in [-0.2, 0) is 0 Å². The van der Waals surface area contributed by atoms with Crippen molar-refractivity contribution in [3.8, 4) is 0 Å². The number of aliphatic hydroxyl groups excluding tert-OH is 1. The summed E-state index contributed by atoms with van der Waals surface area (Å²) < 4.78 is 0. The molecule has 0 saturated heterocycles. The first-order valence-electron chi connectivity index (χ1n) is 4.31. The fourth-order valence-electron chi connectivity index (χ4n) is 1.49. The molecule has 1 aliphatic carbocycles. The second-order valence-corrected chi connectivity index (χ2v) is 3.52. The summed E-state index contributed by atoms with van der Waals surface area (Å²) in [5.74, 6) is 0.520. The molecule has 0 aromatic heterocycles. The lowest BCUT2D eigenvalue weighted by Crippen LogP contribution is -2.07. The van der Waals surface area contributed by atoms with E-state index in [2.05, 4.69) is 12.7 Å². The first kappa shape index (κ1) is 9.11. The fraction of sp³-hybridized carbons (Fsp3) is 0.455. The maximum Gasteiger partial charge on any atom is 0.0826 e. The molecule has 1 rings (SSSR count). The number of hydrogen-bond donors (Lipinski definition) is 1. The third-order valence-electron chi connectivity index (χ3n) is 2.53. The zero-order valence-corrected chi connectivity index (χ0v) is 7.80. The Hall–Kier alpha value is -0.980. The zero-order chi connectivity index (χ0) is 9.14. The number of rotatable bonds is 1. The minimum atomic E-state index is 0.520. The van der Waals surface area contributed by atoms with Crippen molar-refractivity contribution in [2.24, 2.45) is 5.92 Å². The van der Waals surface area contributed by atoms with E-state index in [9.17, 15) is 0 Å². The van der Waals surface area contributed by atoms with Crippen LogP contribution in [0.25, 0.3) is 0 Å². The van der Waals surface area contributed by atoms with Gasteiger partial charge in [-0.1, -0.05) is 18.2 Å². The van der Waals surface area contributed by atoms with Gasteiger partial charge in [-0.25, -0.2) is 0 Å². The number of aliphatic hydroxyl groups is 1. The van der Waals surface area contributed by atoms with Gasteiger partial charge in [-0.15, -0.1) is 0 Å². The lowest BCUT2D eigenvalue weighted by molar-refractivity contribution is 0.458. The summed E-state index contributed by atoms with van der Waals surface area (Å²) in [6, 6.07) is 0. The van der Waals surface area contributed by atoms with Crippen molar-refractivity contribution in [2.75, 3.05) is 0 Å². The monoisotopic (exact) mass is 164 g/mol. The van der Waals surface area contributed by atoms with E-state index in [4.69, 9.17) is 5.11 Å². The molecule has 0 aromatic carbocycles. The lowest BCUT2D eigenvalue weighted by atomic mass is 9.83. The Morgan fingerprint density at radius 3 is 2.92 bits per heavy atom. The molecule has 1 heteroatoms. The molecule has 0 saturated carbocycles. The third-order valence-corrected chi connectivity index (χ3v) is 2.53. The third kappa shape index (κ3) is 1.79. The Labute approximate surface area is 74.1 Å². The molecule has 0 amide bonds. The summed E-state index contributed by atoms with van der Waals surface area (Å²) >= 11 is 0. The normalized spacial score (nSPS) is 27.0. The van der Waals surface area contributed by atoms with Crippen molar-refractivity contribution in [1.82, 2.24) is 0 Å². The van der Waals surface area contributed by atoms with Gasteiger partial charge in [-0.05, 0) is 43.8 Å². The zero-order valence-electron chi connectivity index (χ0n) is 7.80. The molecule has 1 nitrogen and oxygen atoms in total. The SMILES string of the molecule is C=C(C)[C@@H]1CC=C(C)/C(=C\O)C1. The molecule has 0 unspecified atom stereocenters. The van der Waals surface area contributed by atoms with E-state index in [1.54, 1.807) is 0 Å². The summed E-state index contributed by atoms with van der Waals surface area (Å²) in [5.41, 5.74) is 3.46. The number of allylic oxidation sites excluding steroid dienone is 4. The van der Waals surface area contributed by atoms with Crippen molar-refractivity contribution in [2.45, 2.75) is 26.7 Å². The van der Waals surface area contributed by atoms with Gasteiger partial charge in [0, 0.05) is 0 Å². The molecule has 12 heavy (non-hydrogen) atoms. The standard InChI is InChI=1S/C11H16O/c1-8(2)10-5-4-9(3)11(6-10)7-12/h4,7,10,12H,1,5-6H2,2-3H3/b11-7-/t10-/m1/s1. The highest BCUT2D eigenvalue weighted by atomic mass is 16.2. The summed E-state index contributed by atoms with van der Waals surface area (Å²) in [6.45, 7) is 8.02. The predicted octanol–water partition coefficient (Wildman–Crippen LogP) is 3.36. The van der Waals surface area contributed by atoms with Crippen LogP contribution in [0, 0.1) is 5.92 Å². The summed E-state index contributed by atoms with van der Waals surface area (Å²) in [5, 5.41) is 8.93. The molecule has 0 bridgehead atoms. The van der Waals surface area contributed by atoms with E-state index in [0.717, 1.165) is 18.4 Å². The van der Waals surface area contributed by atoms with Gasteiger partial charge in [-0.3, -0.25) is 0 Å². The second-order valence-electron chi connectivity index (χ2n) is 3.52. The van der Waals surface area contributed by atoms with E-state index in [1.807, 2.05) is 13.8 Å². The molecule has 0 fully saturated rings. The fourth-order valence-corrected chi connectivity index (χ4v) is 1.49. The highest BCUT2D eigenvalue weighted by Gasteiger charge is 2.16. The first-order valence-corrected chi connectivity index (χ1v) is 4.31. The molecule has 1 aliphatic rings. The van der Waals surface area contributed by atoms with Gasteiger partial charge in [0.25, 0.3) is 0 Å². The number of hydrogen-bond acceptors (Lipinski definition) is 1. The van der Waals surface area contributed by atoms with E-state index < -0.39 is 0 Å². The Morgan fingerprint density at radius 1 is 1.75 bits per heavy atom. The van der Waals surface area contributed by atoms with E-state index in [1.165, 1.54) is 17.4 Å². The van der Waals surface area contributed by atoms with E-state index in [-0.39, 0.29) is 0 Å². The summed E-state index contributed by atoms with van der Waals surface area (Å²) in [6.07, 6.45) is 5.40. The average Bonchev–Trinajstić information content (AvgIpc) is 2.05. The second kappa shape index (κ2) is 3.61. The Morgan fingerprint density at radius 2 is 2.42 bits per heavy atom. The van der Waals surface area contributed by atoms with Crippen molar-refractivity contribution >= 4 is 0 Å². The van der Waals surface area contributed by atoms with Crippen molar-refractivity contribution in [3.63, 3.8) is 0 Å². The Bertz CT molecular complexity index is 246. The van der Waals surface area contributed by atoms with Crippen LogP contribution in [-0.4, -0.2) is 5.11 Å². The molecule has 0 aliphatic heterocycles. The van der Waals surface area contributed by atoms with Crippen LogP contribution in [0.1, 0.15) is 26.7 Å². The van der Waals surface area contributed by atoms with Crippen LogP contribution >= 0.6 is 0 Å². The molecule has 0 heterocycles. The van der Waals surface area contributed by atoms with Gasteiger partial charge in [-0.2, -0.15) is 0 Å². The Balaban J connectivity index is 2.78. The van der Waals surface area contributed by atoms with Crippen molar-refractivity contribution < 1.29 is 5.11 Å². The van der Waals surface area contributed by atoms with Gasteiger partial charge < -0.3 is 5.11 Å². The van der Waals surface area contributed by atoms with Crippen LogP contribution in [0.2, 0.25) is 0 Å². The lowest BCUT2D eigenvalue weighted by Gasteiger charge is -2.22. The first-order chi connectivity index (χ1) is 5.65.